The van der Waals surface area contributed by atoms with Crippen LogP contribution in [0.3, 0.4) is 0 Å². The summed E-state index contributed by atoms with van der Waals surface area (Å²) in [4.78, 5) is 19.3. The third-order valence-corrected chi connectivity index (χ3v) is 4.34. The maximum Gasteiger partial charge on any atom is 0.297 e. The van der Waals surface area contributed by atoms with E-state index in [0.29, 0.717) is 28.1 Å². The predicted octanol–water partition coefficient (Wildman–Crippen LogP) is 2.77. The third-order valence-electron chi connectivity index (χ3n) is 4.05. The number of H-pyrrole nitrogens is 1. The maximum absolute atomic E-state index is 13.6. The van der Waals surface area contributed by atoms with Crippen molar-refractivity contribution in [3.63, 3.8) is 0 Å². The molecule has 0 aliphatic rings. The SMILES string of the molecule is Cc1nnnn1-c1coc(N[C@@H](C)c2cc3cc(Cl)c(F)cc3[nH]c2=O)n1. The van der Waals surface area contributed by atoms with E-state index in [1.807, 2.05) is 0 Å². The zero-order valence-electron chi connectivity index (χ0n) is 14.2. The summed E-state index contributed by atoms with van der Waals surface area (Å²) in [5, 5.41) is 14.7. The first kappa shape index (κ1) is 17.2. The molecule has 0 aliphatic carbocycles. The zero-order valence-corrected chi connectivity index (χ0v) is 15.0. The molecule has 0 amide bonds. The number of halogens is 2. The summed E-state index contributed by atoms with van der Waals surface area (Å²) in [7, 11) is 0. The largest absolute Gasteiger partial charge is 0.430 e. The molecule has 0 bridgehead atoms. The standard InChI is InChI=1S/C16H13ClFN7O2/c1-7(19-16-21-14(6-27-16)25-8(2)22-23-24-25)10-3-9-4-11(17)12(18)5-13(9)20-15(10)26/h3-7H,1-2H3,(H,19,21)(H,20,26)/t7-/m0/s1. The van der Waals surface area contributed by atoms with Crippen LogP contribution in [0.4, 0.5) is 10.4 Å². The van der Waals surface area contributed by atoms with Gasteiger partial charge in [0.2, 0.25) is 0 Å². The second-order valence-corrected chi connectivity index (χ2v) is 6.33. The second kappa shape index (κ2) is 6.47. The molecule has 3 aromatic heterocycles. The average Bonchev–Trinajstić information content (AvgIpc) is 3.24. The first-order valence-corrected chi connectivity index (χ1v) is 8.29. The number of fused-ring (bicyclic) bond motifs is 1. The van der Waals surface area contributed by atoms with Gasteiger partial charge in [-0.3, -0.25) is 4.79 Å². The Balaban J connectivity index is 1.63. The van der Waals surface area contributed by atoms with Crippen molar-refractivity contribution >= 4 is 28.5 Å². The quantitative estimate of drug-likeness (QED) is 0.551. The molecule has 0 unspecified atom stereocenters. The number of benzene rings is 1. The molecule has 0 radical (unpaired) electrons. The molecular formula is C16H13ClFN7O2. The molecule has 3 heterocycles. The van der Waals surface area contributed by atoms with Crippen molar-refractivity contribution in [2.75, 3.05) is 5.32 Å². The van der Waals surface area contributed by atoms with Gasteiger partial charge in [-0.2, -0.15) is 9.67 Å². The Morgan fingerprint density at radius 2 is 2.19 bits per heavy atom. The molecule has 1 atom stereocenters. The van der Waals surface area contributed by atoms with Crippen molar-refractivity contribution in [3.8, 4) is 5.82 Å². The molecule has 27 heavy (non-hydrogen) atoms. The van der Waals surface area contributed by atoms with Crippen LogP contribution in [0.1, 0.15) is 24.4 Å². The fourth-order valence-electron chi connectivity index (χ4n) is 2.67. The van der Waals surface area contributed by atoms with Gasteiger partial charge in [-0.25, -0.2) is 4.39 Å². The molecule has 0 aliphatic heterocycles. The Morgan fingerprint density at radius 3 is 2.93 bits per heavy atom. The number of pyridine rings is 1. The molecule has 0 fully saturated rings. The molecule has 4 rings (SSSR count). The van der Waals surface area contributed by atoms with Crippen LogP contribution in [0.25, 0.3) is 16.7 Å². The fraction of sp³-hybridized carbons (Fsp3) is 0.188. The number of rotatable bonds is 4. The highest BCUT2D eigenvalue weighted by Gasteiger charge is 2.16. The van der Waals surface area contributed by atoms with E-state index in [1.165, 1.54) is 23.1 Å². The van der Waals surface area contributed by atoms with Crippen molar-refractivity contribution in [1.82, 2.24) is 30.2 Å². The van der Waals surface area contributed by atoms with E-state index in [0.717, 1.165) is 0 Å². The Kier molecular flexibility index (Phi) is 4.11. The van der Waals surface area contributed by atoms with E-state index in [1.54, 1.807) is 19.9 Å². The fourth-order valence-corrected chi connectivity index (χ4v) is 2.85. The van der Waals surface area contributed by atoms with Crippen LogP contribution < -0.4 is 10.9 Å². The van der Waals surface area contributed by atoms with E-state index in [-0.39, 0.29) is 16.6 Å². The van der Waals surface area contributed by atoms with E-state index in [4.69, 9.17) is 16.0 Å². The summed E-state index contributed by atoms with van der Waals surface area (Å²) in [6, 6.07) is 4.05. The number of nitrogens with one attached hydrogen (secondary N) is 2. The molecule has 9 nitrogen and oxygen atoms in total. The van der Waals surface area contributed by atoms with Crippen LogP contribution in [-0.4, -0.2) is 30.2 Å². The highest BCUT2D eigenvalue weighted by molar-refractivity contribution is 6.31. The van der Waals surface area contributed by atoms with Crippen molar-refractivity contribution in [2.45, 2.75) is 19.9 Å². The minimum atomic E-state index is -0.594. The van der Waals surface area contributed by atoms with Crippen molar-refractivity contribution in [3.05, 3.63) is 57.0 Å². The minimum absolute atomic E-state index is 0.0183. The summed E-state index contributed by atoms with van der Waals surface area (Å²) in [6.45, 7) is 3.50. The lowest BCUT2D eigenvalue weighted by Gasteiger charge is -2.12. The monoisotopic (exact) mass is 389 g/mol. The van der Waals surface area contributed by atoms with Crippen LogP contribution in [0.5, 0.6) is 0 Å². The third kappa shape index (κ3) is 3.14. The van der Waals surface area contributed by atoms with Crippen LogP contribution in [0.2, 0.25) is 5.02 Å². The number of nitrogens with zero attached hydrogens (tertiary/aromatic N) is 5. The van der Waals surface area contributed by atoms with Gasteiger partial charge in [-0.05, 0) is 42.5 Å². The van der Waals surface area contributed by atoms with Gasteiger partial charge in [-0.15, -0.1) is 5.10 Å². The average molecular weight is 390 g/mol. The van der Waals surface area contributed by atoms with Gasteiger partial charge in [0.05, 0.1) is 16.6 Å². The number of anilines is 1. The Hall–Kier alpha value is -3.27. The molecule has 0 spiro atoms. The number of aromatic nitrogens is 6. The Bertz CT molecular complexity index is 1200. The van der Waals surface area contributed by atoms with E-state index < -0.39 is 11.9 Å². The van der Waals surface area contributed by atoms with Gasteiger partial charge in [-0.1, -0.05) is 11.6 Å². The molecule has 11 heteroatoms. The van der Waals surface area contributed by atoms with Crippen molar-refractivity contribution in [1.29, 1.82) is 0 Å². The summed E-state index contributed by atoms with van der Waals surface area (Å²) in [6.07, 6.45) is 1.39. The van der Waals surface area contributed by atoms with Gasteiger partial charge in [0.15, 0.2) is 11.6 Å². The molecular weight excluding hydrogens is 377 g/mol. The number of tetrazole rings is 1. The lowest BCUT2D eigenvalue weighted by Crippen LogP contribution is -2.19. The van der Waals surface area contributed by atoms with E-state index >= 15 is 0 Å². The molecule has 0 saturated carbocycles. The Labute approximate surface area is 156 Å². The van der Waals surface area contributed by atoms with E-state index in [2.05, 4.69) is 30.8 Å². The van der Waals surface area contributed by atoms with Crippen molar-refractivity contribution in [2.24, 2.45) is 0 Å². The number of hydrogen-bond donors (Lipinski definition) is 2. The highest BCUT2D eigenvalue weighted by Crippen LogP contribution is 2.24. The number of hydrogen-bond acceptors (Lipinski definition) is 7. The van der Waals surface area contributed by atoms with Gasteiger partial charge >= 0.3 is 0 Å². The molecule has 0 saturated heterocycles. The molecule has 2 N–H and O–H groups in total. The molecule has 4 aromatic rings. The normalized spacial score (nSPS) is 12.4. The smallest absolute Gasteiger partial charge is 0.297 e. The summed E-state index contributed by atoms with van der Waals surface area (Å²) >= 11 is 5.83. The number of aromatic amines is 1. The molecule has 1 aromatic carbocycles. The van der Waals surface area contributed by atoms with Crippen LogP contribution in [0, 0.1) is 12.7 Å². The summed E-state index contributed by atoms with van der Waals surface area (Å²) in [5.41, 5.74) is 0.432. The van der Waals surface area contributed by atoms with Crippen LogP contribution in [-0.2, 0) is 0 Å². The lowest BCUT2D eigenvalue weighted by molar-refractivity contribution is 0.561. The minimum Gasteiger partial charge on any atom is -0.430 e. The van der Waals surface area contributed by atoms with Gasteiger partial charge in [0.1, 0.15) is 12.1 Å². The number of oxazole rings is 1. The highest BCUT2D eigenvalue weighted by atomic mass is 35.5. The summed E-state index contributed by atoms with van der Waals surface area (Å²) < 4.78 is 20.4. The lowest BCUT2D eigenvalue weighted by atomic mass is 10.1. The Morgan fingerprint density at radius 1 is 1.37 bits per heavy atom. The van der Waals surface area contributed by atoms with E-state index in [9.17, 15) is 9.18 Å². The topological polar surface area (TPSA) is 115 Å². The first-order chi connectivity index (χ1) is 12.9. The predicted molar refractivity (Wildman–Crippen MR) is 95.5 cm³/mol. The van der Waals surface area contributed by atoms with Crippen LogP contribution >= 0.6 is 11.6 Å². The van der Waals surface area contributed by atoms with Gasteiger partial charge in [0.25, 0.3) is 11.6 Å². The second-order valence-electron chi connectivity index (χ2n) is 5.92. The number of aryl methyl sites for hydroxylation is 1. The first-order valence-electron chi connectivity index (χ1n) is 7.92. The van der Waals surface area contributed by atoms with Gasteiger partial charge in [0, 0.05) is 10.9 Å². The maximum atomic E-state index is 13.6. The van der Waals surface area contributed by atoms with Crippen LogP contribution in [0.15, 0.2) is 33.7 Å². The summed E-state index contributed by atoms with van der Waals surface area (Å²) in [5.74, 6) is 0.365. The van der Waals surface area contributed by atoms with Gasteiger partial charge < -0.3 is 14.7 Å². The van der Waals surface area contributed by atoms with Crippen molar-refractivity contribution < 1.29 is 8.81 Å². The zero-order chi connectivity index (χ0) is 19.1. The molecule has 138 valence electrons.